The van der Waals surface area contributed by atoms with Crippen molar-refractivity contribution >= 4 is 23.6 Å². The molecule has 1 amide bonds. The van der Waals surface area contributed by atoms with Gasteiger partial charge < -0.3 is 10.1 Å². The van der Waals surface area contributed by atoms with Gasteiger partial charge in [-0.05, 0) is 48.9 Å². The summed E-state index contributed by atoms with van der Waals surface area (Å²) < 4.78 is 7.25. The third kappa shape index (κ3) is 5.78. The number of benzene rings is 3. The van der Waals surface area contributed by atoms with E-state index < -0.39 is 5.91 Å². The first-order valence-electron chi connectivity index (χ1n) is 11.1. The number of para-hydroxylation sites is 1. The first-order valence-corrected chi connectivity index (χ1v) is 11.5. The Hall–Kier alpha value is -4.34. The molecule has 0 atom stereocenters. The van der Waals surface area contributed by atoms with Gasteiger partial charge in [0, 0.05) is 23.9 Å². The van der Waals surface area contributed by atoms with Crippen molar-refractivity contribution < 1.29 is 9.53 Å². The maximum Gasteiger partial charge on any atom is 0.262 e. The molecule has 0 aliphatic heterocycles. The molecule has 0 unspecified atom stereocenters. The molecule has 0 saturated carbocycles. The lowest BCUT2D eigenvalue weighted by Gasteiger charge is -2.07. The van der Waals surface area contributed by atoms with Crippen LogP contribution in [0.25, 0.3) is 23.0 Å². The van der Waals surface area contributed by atoms with Gasteiger partial charge in [0.15, 0.2) is 0 Å². The van der Waals surface area contributed by atoms with E-state index in [1.54, 1.807) is 29.1 Å². The molecule has 4 aromatic rings. The van der Waals surface area contributed by atoms with E-state index in [0.717, 1.165) is 16.8 Å². The highest BCUT2D eigenvalue weighted by Crippen LogP contribution is 2.32. The summed E-state index contributed by atoms with van der Waals surface area (Å²) in [5.41, 5.74) is 3.70. The van der Waals surface area contributed by atoms with Crippen LogP contribution in [0.3, 0.4) is 0 Å². The fourth-order valence-electron chi connectivity index (χ4n) is 3.53. The average Bonchev–Trinajstić information content (AvgIpc) is 3.32. The van der Waals surface area contributed by atoms with Gasteiger partial charge in [0.05, 0.1) is 17.3 Å². The van der Waals surface area contributed by atoms with Crippen LogP contribution < -0.4 is 10.1 Å². The van der Waals surface area contributed by atoms with Gasteiger partial charge >= 0.3 is 0 Å². The second kappa shape index (κ2) is 11.2. The van der Waals surface area contributed by atoms with Crippen molar-refractivity contribution in [3.8, 4) is 28.8 Å². The Labute approximate surface area is 209 Å². The molecule has 4 rings (SSSR count). The van der Waals surface area contributed by atoms with E-state index in [0.29, 0.717) is 35.2 Å². The molecule has 6 nitrogen and oxygen atoms in total. The van der Waals surface area contributed by atoms with Crippen LogP contribution in [0, 0.1) is 11.3 Å². The number of nitriles is 1. The van der Waals surface area contributed by atoms with Crippen LogP contribution in [0.15, 0.2) is 90.6 Å². The van der Waals surface area contributed by atoms with Crippen LogP contribution >= 0.6 is 11.6 Å². The van der Waals surface area contributed by atoms with Gasteiger partial charge in [-0.3, -0.25) is 4.79 Å². The Bertz CT molecular complexity index is 1390. The summed E-state index contributed by atoms with van der Waals surface area (Å²) in [7, 11) is 0. The lowest BCUT2D eigenvalue weighted by Crippen LogP contribution is -2.23. The molecule has 1 heterocycles. The molecule has 3 aromatic carbocycles. The summed E-state index contributed by atoms with van der Waals surface area (Å²) in [6, 6.07) is 26.5. The van der Waals surface area contributed by atoms with E-state index in [-0.39, 0.29) is 5.57 Å². The summed E-state index contributed by atoms with van der Waals surface area (Å²) in [6.07, 6.45) is 3.34. The summed E-state index contributed by atoms with van der Waals surface area (Å²) in [5, 5.41) is 17.7. The number of ether oxygens (including phenoxy) is 1. The molecule has 0 aliphatic rings. The smallest absolute Gasteiger partial charge is 0.262 e. The molecule has 0 saturated heterocycles. The number of aromatic nitrogens is 2. The molecule has 7 heteroatoms. The summed E-state index contributed by atoms with van der Waals surface area (Å²) in [5.74, 6) is 0.120. The van der Waals surface area contributed by atoms with Crippen LogP contribution in [0.2, 0.25) is 5.02 Å². The van der Waals surface area contributed by atoms with Crippen molar-refractivity contribution in [1.29, 1.82) is 5.26 Å². The second-order valence-electron chi connectivity index (χ2n) is 7.63. The van der Waals surface area contributed by atoms with E-state index >= 15 is 0 Å². The number of carbonyl (C=O) groups is 1. The van der Waals surface area contributed by atoms with Gasteiger partial charge in [-0.1, -0.05) is 60.1 Å². The van der Waals surface area contributed by atoms with Gasteiger partial charge in [-0.2, -0.15) is 10.4 Å². The van der Waals surface area contributed by atoms with Crippen molar-refractivity contribution in [3.05, 3.63) is 107 Å². The number of rotatable bonds is 8. The quantitative estimate of drug-likeness (QED) is 0.253. The Morgan fingerprint density at radius 1 is 1.11 bits per heavy atom. The zero-order valence-corrected chi connectivity index (χ0v) is 19.9. The van der Waals surface area contributed by atoms with Crippen molar-refractivity contribution in [2.45, 2.75) is 13.5 Å². The summed E-state index contributed by atoms with van der Waals surface area (Å²) in [6.45, 7) is 2.71. The highest BCUT2D eigenvalue weighted by molar-refractivity contribution is 6.32. The fourth-order valence-corrected chi connectivity index (χ4v) is 3.76. The predicted octanol–water partition coefficient (Wildman–Crippen LogP) is 5.81. The largest absolute Gasteiger partial charge is 0.492 e. The Kier molecular flexibility index (Phi) is 7.61. The molecule has 0 bridgehead atoms. The van der Waals surface area contributed by atoms with Crippen LogP contribution in [0.4, 0.5) is 0 Å². The number of amides is 1. The van der Waals surface area contributed by atoms with E-state index in [2.05, 4.69) is 5.32 Å². The zero-order valence-electron chi connectivity index (χ0n) is 19.1. The molecule has 35 heavy (non-hydrogen) atoms. The van der Waals surface area contributed by atoms with Crippen molar-refractivity contribution in [2.24, 2.45) is 0 Å². The van der Waals surface area contributed by atoms with Gasteiger partial charge in [-0.15, -0.1) is 0 Å². The predicted molar refractivity (Wildman–Crippen MR) is 137 cm³/mol. The first-order chi connectivity index (χ1) is 17.1. The maximum atomic E-state index is 12.8. The highest BCUT2D eigenvalue weighted by Gasteiger charge is 2.16. The number of hydrogen-bond donors (Lipinski definition) is 1. The zero-order chi connectivity index (χ0) is 24.6. The van der Waals surface area contributed by atoms with E-state index in [4.69, 9.17) is 21.4 Å². The normalized spacial score (nSPS) is 11.1. The summed E-state index contributed by atoms with van der Waals surface area (Å²) in [4.78, 5) is 12.8. The third-order valence-electron chi connectivity index (χ3n) is 5.23. The van der Waals surface area contributed by atoms with Crippen molar-refractivity contribution in [2.75, 3.05) is 6.61 Å². The average molecular weight is 483 g/mol. The molecule has 174 valence electrons. The van der Waals surface area contributed by atoms with Gasteiger partial charge in [-0.25, -0.2) is 4.68 Å². The SMILES string of the molecule is CCOc1ccc(-c2nn(-c3ccccc3)cc2/C=C(/C#N)C(=O)NCc2ccccc2)cc1Cl. The van der Waals surface area contributed by atoms with Crippen molar-refractivity contribution in [3.63, 3.8) is 0 Å². The highest BCUT2D eigenvalue weighted by atomic mass is 35.5. The standard InChI is InChI=1S/C28H23ClN4O2/c1-2-35-26-14-13-21(16-25(26)29)27-23(19-33(32-27)24-11-7-4-8-12-24)15-22(17-30)28(34)31-18-20-9-5-3-6-10-20/h3-16,19H,2,18H2,1H3,(H,31,34)/b22-15-. The molecule has 0 spiro atoms. The van der Waals surface area contributed by atoms with Gasteiger partial charge in [0.25, 0.3) is 5.91 Å². The Morgan fingerprint density at radius 2 is 1.83 bits per heavy atom. The molecule has 0 radical (unpaired) electrons. The van der Waals surface area contributed by atoms with E-state index in [9.17, 15) is 10.1 Å². The van der Waals surface area contributed by atoms with Crippen LogP contribution in [-0.2, 0) is 11.3 Å². The van der Waals surface area contributed by atoms with E-state index in [1.165, 1.54) is 0 Å². The molecular weight excluding hydrogens is 460 g/mol. The summed E-state index contributed by atoms with van der Waals surface area (Å²) >= 11 is 6.43. The van der Waals surface area contributed by atoms with Gasteiger partial charge in [0.2, 0.25) is 0 Å². The number of carbonyl (C=O) groups excluding carboxylic acids is 1. The van der Waals surface area contributed by atoms with Gasteiger partial charge in [0.1, 0.15) is 23.1 Å². The monoisotopic (exact) mass is 482 g/mol. The lowest BCUT2D eigenvalue weighted by atomic mass is 10.1. The third-order valence-corrected chi connectivity index (χ3v) is 5.52. The minimum Gasteiger partial charge on any atom is -0.492 e. The molecule has 0 fully saturated rings. The molecule has 1 aromatic heterocycles. The maximum absolute atomic E-state index is 12.8. The number of halogens is 1. The fraction of sp³-hybridized carbons (Fsp3) is 0.107. The van der Waals surface area contributed by atoms with E-state index in [1.807, 2.05) is 79.7 Å². The molecular formula is C28H23ClN4O2. The Balaban J connectivity index is 1.71. The lowest BCUT2D eigenvalue weighted by molar-refractivity contribution is -0.117. The minimum atomic E-state index is -0.459. The van der Waals surface area contributed by atoms with Crippen molar-refractivity contribution in [1.82, 2.24) is 15.1 Å². The Morgan fingerprint density at radius 3 is 2.49 bits per heavy atom. The molecule has 0 aliphatic carbocycles. The number of nitrogens with one attached hydrogen (secondary N) is 1. The van der Waals surface area contributed by atoms with Crippen LogP contribution in [0.1, 0.15) is 18.1 Å². The number of hydrogen-bond acceptors (Lipinski definition) is 4. The first kappa shape index (κ1) is 23.8. The van der Waals surface area contributed by atoms with Crippen LogP contribution in [-0.4, -0.2) is 22.3 Å². The topological polar surface area (TPSA) is 79.9 Å². The van der Waals surface area contributed by atoms with Crippen LogP contribution in [0.5, 0.6) is 5.75 Å². The minimum absolute atomic E-state index is 0.0215. The number of nitrogens with zero attached hydrogens (tertiary/aromatic N) is 3. The second-order valence-corrected chi connectivity index (χ2v) is 8.04. The molecule has 1 N–H and O–H groups in total.